The Labute approximate surface area is 229 Å². The predicted octanol–water partition coefficient (Wildman–Crippen LogP) is 4.39. The average molecular weight is 529 g/mol. The van der Waals surface area contributed by atoms with Gasteiger partial charge in [-0.05, 0) is 37.6 Å². The van der Waals surface area contributed by atoms with Crippen molar-refractivity contribution in [1.82, 2.24) is 4.90 Å². The minimum atomic E-state index is -1.34. The summed E-state index contributed by atoms with van der Waals surface area (Å²) in [6, 6.07) is 26.7. The van der Waals surface area contributed by atoms with Crippen molar-refractivity contribution in [3.05, 3.63) is 96.1 Å². The number of carbonyl (C=O) groups is 2. The maximum Gasteiger partial charge on any atom is 0.268 e. The van der Waals surface area contributed by atoms with Crippen LogP contribution in [-0.4, -0.2) is 51.8 Å². The Morgan fingerprint density at radius 1 is 1.00 bits per heavy atom. The van der Waals surface area contributed by atoms with Crippen LogP contribution in [0.15, 0.2) is 84.9 Å². The molecule has 0 unspecified atom stereocenters. The summed E-state index contributed by atoms with van der Waals surface area (Å²) < 4.78 is 6.74. The number of hydrogen-bond donors (Lipinski definition) is 2. The van der Waals surface area contributed by atoms with Gasteiger partial charge in [-0.25, -0.2) is 0 Å². The summed E-state index contributed by atoms with van der Waals surface area (Å²) in [5.41, 5.74) is 0.612. The Morgan fingerprint density at radius 3 is 2.26 bits per heavy atom. The van der Waals surface area contributed by atoms with E-state index in [2.05, 4.69) is 0 Å². The van der Waals surface area contributed by atoms with Crippen LogP contribution in [0.5, 0.6) is 0 Å². The molecular formula is C32H36N2O5. The number of rotatable bonds is 8. The molecule has 1 spiro atoms. The largest absolute Gasteiger partial charge is 0.395 e. The smallest absolute Gasteiger partial charge is 0.268 e. The van der Waals surface area contributed by atoms with Crippen molar-refractivity contribution in [2.45, 2.75) is 51.0 Å². The zero-order chi connectivity index (χ0) is 27.8. The lowest BCUT2D eigenvalue weighted by atomic mass is 9.71. The molecule has 2 N–H and O–H groups in total. The van der Waals surface area contributed by atoms with E-state index in [1.165, 1.54) is 0 Å². The lowest BCUT2D eigenvalue weighted by Crippen LogP contribution is -2.45. The van der Waals surface area contributed by atoms with E-state index in [-0.39, 0.29) is 31.4 Å². The molecule has 3 aromatic carbocycles. The van der Waals surface area contributed by atoms with E-state index in [1.807, 2.05) is 91.9 Å². The van der Waals surface area contributed by atoms with Crippen LogP contribution in [0, 0.1) is 11.8 Å². The Kier molecular flexibility index (Phi) is 7.33. The van der Waals surface area contributed by atoms with Gasteiger partial charge in [-0.1, -0.05) is 73.7 Å². The Morgan fingerprint density at radius 2 is 1.62 bits per heavy atom. The highest BCUT2D eigenvalue weighted by Gasteiger charge is 2.66. The van der Waals surface area contributed by atoms with E-state index < -0.39 is 29.1 Å². The molecule has 2 heterocycles. The molecule has 0 radical (unpaired) electrons. The molecule has 204 valence electrons. The van der Waals surface area contributed by atoms with Gasteiger partial charge in [0.1, 0.15) is 0 Å². The van der Waals surface area contributed by atoms with E-state index in [9.17, 15) is 19.8 Å². The van der Waals surface area contributed by atoms with Crippen molar-refractivity contribution < 1.29 is 24.5 Å². The lowest BCUT2D eigenvalue weighted by Gasteiger charge is -2.34. The van der Waals surface area contributed by atoms with Crippen LogP contribution in [0.2, 0.25) is 0 Å². The second-order valence-corrected chi connectivity index (χ2v) is 11.1. The summed E-state index contributed by atoms with van der Waals surface area (Å²) in [4.78, 5) is 31.3. The summed E-state index contributed by atoms with van der Waals surface area (Å²) in [6.45, 7) is 5.72. The number of hydrogen-bond acceptors (Lipinski definition) is 5. The van der Waals surface area contributed by atoms with Gasteiger partial charge in [0.15, 0.2) is 5.60 Å². The van der Waals surface area contributed by atoms with Gasteiger partial charge in [-0.3, -0.25) is 14.5 Å². The third kappa shape index (κ3) is 4.75. The van der Waals surface area contributed by atoms with Crippen LogP contribution in [0.4, 0.5) is 11.4 Å². The van der Waals surface area contributed by atoms with Crippen LogP contribution < -0.4 is 4.90 Å². The molecule has 2 aliphatic rings. The standard InChI is InChI=1S/C32H36N2O5/c1-22-29(31(2,3)38)27(20-28(36)33(18-19-35)21-23-12-6-4-7-13-23)39-32(22)25-16-10-11-17-26(25)34(30(32)37)24-14-8-5-9-15-24/h4-17,22,27,29,35,38H,18-21H2,1-3H3/t22-,27+,29-,32+/m1/s1. The van der Waals surface area contributed by atoms with E-state index in [0.29, 0.717) is 6.54 Å². The van der Waals surface area contributed by atoms with Crippen LogP contribution in [-0.2, 0) is 26.5 Å². The zero-order valence-corrected chi connectivity index (χ0v) is 22.7. The molecule has 7 heteroatoms. The van der Waals surface area contributed by atoms with Crippen LogP contribution in [0.1, 0.15) is 38.3 Å². The average Bonchev–Trinajstić information content (AvgIpc) is 3.35. The fraction of sp³-hybridized carbons (Fsp3) is 0.375. The molecule has 0 aromatic heterocycles. The van der Waals surface area contributed by atoms with Gasteiger partial charge in [-0.2, -0.15) is 0 Å². The number of amides is 2. The van der Waals surface area contributed by atoms with E-state index in [1.54, 1.807) is 23.6 Å². The van der Waals surface area contributed by atoms with E-state index in [4.69, 9.17) is 4.74 Å². The Hall–Kier alpha value is -3.52. The molecular weight excluding hydrogens is 492 g/mol. The number of para-hydroxylation sites is 2. The van der Waals surface area contributed by atoms with Gasteiger partial charge in [0.05, 0.1) is 30.4 Å². The van der Waals surface area contributed by atoms with Crippen molar-refractivity contribution in [3.63, 3.8) is 0 Å². The third-order valence-electron chi connectivity index (χ3n) is 8.13. The third-order valence-corrected chi connectivity index (χ3v) is 8.13. The van der Waals surface area contributed by atoms with Crippen LogP contribution in [0.25, 0.3) is 0 Å². The number of anilines is 2. The summed E-state index contributed by atoms with van der Waals surface area (Å²) in [7, 11) is 0. The van der Waals surface area contributed by atoms with Crippen LogP contribution >= 0.6 is 0 Å². The van der Waals surface area contributed by atoms with E-state index in [0.717, 1.165) is 22.5 Å². The summed E-state index contributed by atoms with van der Waals surface area (Å²) in [5, 5.41) is 21.0. The first-order valence-corrected chi connectivity index (χ1v) is 13.5. The monoisotopic (exact) mass is 528 g/mol. The number of ether oxygens (including phenoxy) is 1. The SMILES string of the molecule is C[C@@H]1[C@@H](C(C)(C)O)[C@H](CC(=O)N(CCO)Cc2ccccc2)O[C@@]12C(=O)N(c1ccccc1)c1ccccc12. The predicted molar refractivity (Wildman–Crippen MR) is 149 cm³/mol. The number of carbonyl (C=O) groups excluding carboxylic acids is 2. The summed E-state index contributed by atoms with van der Waals surface area (Å²) >= 11 is 0. The van der Waals surface area contributed by atoms with Crippen molar-refractivity contribution in [2.75, 3.05) is 18.1 Å². The van der Waals surface area contributed by atoms with Gasteiger partial charge >= 0.3 is 0 Å². The first kappa shape index (κ1) is 27.1. The quantitative estimate of drug-likeness (QED) is 0.453. The molecule has 3 aromatic rings. The first-order chi connectivity index (χ1) is 18.7. The van der Waals surface area contributed by atoms with E-state index >= 15 is 0 Å². The Balaban J connectivity index is 1.51. The molecule has 0 aliphatic carbocycles. The fourth-order valence-corrected chi connectivity index (χ4v) is 6.51. The van der Waals surface area contributed by atoms with Crippen molar-refractivity contribution in [1.29, 1.82) is 0 Å². The molecule has 1 saturated heterocycles. The number of benzene rings is 3. The zero-order valence-electron chi connectivity index (χ0n) is 22.7. The van der Waals surface area contributed by atoms with Crippen molar-refractivity contribution in [3.8, 4) is 0 Å². The second-order valence-electron chi connectivity index (χ2n) is 11.1. The number of aliphatic hydroxyl groups excluding tert-OH is 1. The molecule has 0 saturated carbocycles. The maximum atomic E-state index is 14.4. The first-order valence-electron chi connectivity index (χ1n) is 13.5. The minimum Gasteiger partial charge on any atom is -0.395 e. The molecule has 0 bridgehead atoms. The summed E-state index contributed by atoms with van der Waals surface area (Å²) in [5.74, 6) is -1.34. The highest BCUT2D eigenvalue weighted by Crippen LogP contribution is 2.58. The molecule has 2 aliphatic heterocycles. The molecule has 2 amide bonds. The topological polar surface area (TPSA) is 90.3 Å². The lowest BCUT2D eigenvalue weighted by molar-refractivity contribution is -0.150. The fourth-order valence-electron chi connectivity index (χ4n) is 6.51. The minimum absolute atomic E-state index is 0.0195. The molecule has 4 atom stereocenters. The van der Waals surface area contributed by atoms with Crippen molar-refractivity contribution in [2.24, 2.45) is 11.8 Å². The van der Waals surface area contributed by atoms with Gasteiger partial charge in [-0.15, -0.1) is 0 Å². The van der Waals surface area contributed by atoms with Gasteiger partial charge in [0.2, 0.25) is 5.91 Å². The number of nitrogens with zero attached hydrogens (tertiary/aromatic N) is 2. The molecule has 5 rings (SSSR count). The highest BCUT2D eigenvalue weighted by molar-refractivity contribution is 6.12. The molecule has 7 nitrogen and oxygen atoms in total. The van der Waals surface area contributed by atoms with Gasteiger partial charge < -0.3 is 19.8 Å². The Bertz CT molecular complexity index is 1320. The molecule has 1 fully saturated rings. The maximum absolute atomic E-state index is 14.4. The number of aliphatic hydroxyl groups is 2. The second kappa shape index (κ2) is 10.6. The summed E-state index contributed by atoms with van der Waals surface area (Å²) in [6.07, 6.45) is -0.730. The van der Waals surface area contributed by atoms with Crippen LogP contribution in [0.3, 0.4) is 0 Å². The normalized spacial score (nSPS) is 24.3. The molecule has 39 heavy (non-hydrogen) atoms. The number of fused-ring (bicyclic) bond motifs is 2. The van der Waals surface area contributed by atoms with Crippen molar-refractivity contribution >= 4 is 23.2 Å². The van der Waals surface area contributed by atoms with Gasteiger partial charge in [0, 0.05) is 36.2 Å². The highest BCUT2D eigenvalue weighted by atomic mass is 16.5. The van der Waals surface area contributed by atoms with Gasteiger partial charge in [0.25, 0.3) is 5.91 Å².